The predicted molar refractivity (Wildman–Crippen MR) is 95.5 cm³/mol. The molecule has 0 bridgehead atoms. The molecule has 8 heteroatoms. The Balaban J connectivity index is 1.53. The van der Waals surface area contributed by atoms with E-state index in [1.807, 2.05) is 29.6 Å². The molecule has 0 fully saturated rings. The fourth-order valence-corrected chi connectivity index (χ4v) is 3.86. The molecule has 4 rings (SSSR count). The van der Waals surface area contributed by atoms with Crippen molar-refractivity contribution in [1.82, 2.24) is 25.2 Å². The van der Waals surface area contributed by atoms with Crippen LogP contribution in [0.1, 0.15) is 5.69 Å². The molecular formula is C15H10BrN5S2. The van der Waals surface area contributed by atoms with Crippen molar-refractivity contribution in [2.24, 2.45) is 0 Å². The number of rotatable bonds is 4. The summed E-state index contributed by atoms with van der Waals surface area (Å²) in [6.07, 6.45) is 0. The number of tetrazole rings is 1. The molecule has 0 spiro atoms. The van der Waals surface area contributed by atoms with Gasteiger partial charge in [0, 0.05) is 26.4 Å². The Labute approximate surface area is 148 Å². The van der Waals surface area contributed by atoms with Gasteiger partial charge in [-0.05, 0) is 40.9 Å². The highest BCUT2D eigenvalue weighted by Crippen LogP contribution is 2.26. The van der Waals surface area contributed by atoms with E-state index in [0.717, 1.165) is 26.3 Å². The highest BCUT2D eigenvalue weighted by Gasteiger charge is 2.09. The van der Waals surface area contributed by atoms with Gasteiger partial charge in [-0.25, -0.2) is 4.98 Å². The van der Waals surface area contributed by atoms with Gasteiger partial charge in [0.25, 0.3) is 0 Å². The van der Waals surface area contributed by atoms with E-state index in [1.54, 1.807) is 27.5 Å². The van der Waals surface area contributed by atoms with Gasteiger partial charge >= 0.3 is 0 Å². The first kappa shape index (κ1) is 14.7. The van der Waals surface area contributed by atoms with Crippen molar-refractivity contribution in [1.29, 1.82) is 0 Å². The first-order chi connectivity index (χ1) is 11.3. The minimum absolute atomic E-state index is 0.518. The van der Waals surface area contributed by atoms with Crippen molar-refractivity contribution in [3.63, 3.8) is 0 Å². The lowest BCUT2D eigenvalue weighted by Crippen LogP contribution is -2.04. The summed E-state index contributed by atoms with van der Waals surface area (Å²) in [7, 11) is 0. The molecule has 0 atom stereocenters. The minimum Gasteiger partial charge on any atom is -0.239 e. The molecule has 0 saturated carbocycles. The Hall–Kier alpha value is -1.90. The second-order valence-corrected chi connectivity index (χ2v) is 7.36. The van der Waals surface area contributed by atoms with Gasteiger partial charge in [-0.15, -0.1) is 21.5 Å². The van der Waals surface area contributed by atoms with Crippen LogP contribution in [0.15, 0.2) is 50.9 Å². The Morgan fingerprint density at radius 3 is 2.70 bits per heavy atom. The normalized spacial score (nSPS) is 11.0. The van der Waals surface area contributed by atoms with E-state index in [1.165, 1.54) is 0 Å². The second kappa shape index (κ2) is 6.31. The average molecular weight is 404 g/mol. The predicted octanol–water partition coefficient (Wildman–Crippen LogP) is 4.34. The maximum atomic E-state index is 4.63. The molecule has 1 aromatic carbocycles. The van der Waals surface area contributed by atoms with Crippen molar-refractivity contribution in [3.8, 4) is 22.0 Å². The monoisotopic (exact) mass is 403 g/mol. The summed E-state index contributed by atoms with van der Waals surface area (Å²) in [5, 5.41) is 19.9. The molecule has 0 N–H and O–H groups in total. The zero-order valence-electron chi connectivity index (χ0n) is 11.8. The molecule has 3 aromatic heterocycles. The summed E-state index contributed by atoms with van der Waals surface area (Å²) in [6.45, 7) is 0.518. The van der Waals surface area contributed by atoms with Gasteiger partial charge in [0.05, 0.1) is 5.69 Å². The third kappa shape index (κ3) is 3.24. The fraction of sp³-hybridized carbons (Fsp3) is 0.0667. The van der Waals surface area contributed by atoms with Crippen LogP contribution < -0.4 is 0 Å². The molecule has 0 radical (unpaired) electrons. The molecule has 0 aliphatic carbocycles. The first-order valence-corrected chi connectivity index (χ1v) is 9.40. The number of thiazole rings is 1. The van der Waals surface area contributed by atoms with Gasteiger partial charge < -0.3 is 0 Å². The summed E-state index contributed by atoms with van der Waals surface area (Å²) in [5.41, 5.74) is 3.04. The fourth-order valence-electron chi connectivity index (χ4n) is 2.07. The van der Waals surface area contributed by atoms with Crippen LogP contribution in [0.2, 0.25) is 0 Å². The molecule has 114 valence electrons. The molecule has 0 saturated heterocycles. The summed E-state index contributed by atoms with van der Waals surface area (Å²) in [5.74, 6) is 0.616. The first-order valence-electron chi connectivity index (χ1n) is 6.79. The maximum Gasteiger partial charge on any atom is 0.204 e. The Kier molecular flexibility index (Phi) is 4.02. The van der Waals surface area contributed by atoms with Crippen molar-refractivity contribution in [2.75, 3.05) is 0 Å². The molecule has 0 aliphatic heterocycles. The summed E-state index contributed by atoms with van der Waals surface area (Å²) in [6, 6.07) is 9.92. The quantitative estimate of drug-likeness (QED) is 0.508. The van der Waals surface area contributed by atoms with Crippen LogP contribution in [0.25, 0.3) is 22.0 Å². The number of hydrogen-bond acceptors (Lipinski definition) is 6. The Bertz CT molecular complexity index is 912. The highest BCUT2D eigenvalue weighted by molar-refractivity contribution is 9.10. The van der Waals surface area contributed by atoms with Crippen LogP contribution in [0.5, 0.6) is 0 Å². The van der Waals surface area contributed by atoms with E-state index >= 15 is 0 Å². The van der Waals surface area contributed by atoms with E-state index in [4.69, 9.17) is 0 Å². The van der Waals surface area contributed by atoms with Crippen molar-refractivity contribution < 1.29 is 0 Å². The van der Waals surface area contributed by atoms with Gasteiger partial charge in [-0.1, -0.05) is 15.9 Å². The summed E-state index contributed by atoms with van der Waals surface area (Å²) in [4.78, 5) is 6.21. The van der Waals surface area contributed by atoms with E-state index in [2.05, 4.69) is 53.2 Å². The van der Waals surface area contributed by atoms with E-state index in [9.17, 15) is 0 Å². The Morgan fingerprint density at radius 2 is 1.91 bits per heavy atom. The Morgan fingerprint density at radius 1 is 1.04 bits per heavy atom. The van der Waals surface area contributed by atoms with E-state index < -0.39 is 0 Å². The zero-order chi connectivity index (χ0) is 15.6. The maximum absolute atomic E-state index is 4.63. The second-order valence-electron chi connectivity index (χ2n) is 4.81. The van der Waals surface area contributed by atoms with E-state index in [0.29, 0.717) is 12.4 Å². The van der Waals surface area contributed by atoms with Gasteiger partial charge in [0.1, 0.15) is 11.6 Å². The number of thiophene rings is 1. The standard InChI is InChI=1S/C15H10BrN5S2/c16-12-3-1-10(2-4-12)14-18-20-21(19-14)7-13-9-23-15(17-13)11-5-6-22-8-11/h1-6,8-9H,7H2. The third-order valence-electron chi connectivity index (χ3n) is 3.18. The van der Waals surface area contributed by atoms with Crippen molar-refractivity contribution >= 4 is 38.6 Å². The minimum atomic E-state index is 0.518. The smallest absolute Gasteiger partial charge is 0.204 e. The third-order valence-corrected chi connectivity index (χ3v) is 5.33. The number of nitrogens with zero attached hydrogens (tertiary/aromatic N) is 5. The lowest BCUT2D eigenvalue weighted by atomic mass is 10.2. The van der Waals surface area contributed by atoms with Gasteiger partial charge in [-0.3, -0.25) is 0 Å². The van der Waals surface area contributed by atoms with Crippen LogP contribution in [0.4, 0.5) is 0 Å². The topological polar surface area (TPSA) is 56.5 Å². The lowest BCUT2D eigenvalue weighted by molar-refractivity contribution is 0.566. The van der Waals surface area contributed by atoms with Crippen LogP contribution >= 0.6 is 38.6 Å². The SMILES string of the molecule is Brc1ccc(-c2nnn(Cc3csc(-c4ccsc4)n3)n2)cc1. The number of aromatic nitrogens is 5. The largest absolute Gasteiger partial charge is 0.239 e. The number of halogens is 1. The molecule has 4 aromatic rings. The summed E-state index contributed by atoms with van der Waals surface area (Å²) >= 11 is 6.72. The lowest BCUT2D eigenvalue weighted by Gasteiger charge is -1.95. The molecular weight excluding hydrogens is 394 g/mol. The molecule has 0 amide bonds. The van der Waals surface area contributed by atoms with Crippen LogP contribution in [0.3, 0.4) is 0 Å². The molecule has 0 aliphatic rings. The average Bonchev–Trinajstić information content (AvgIpc) is 3.29. The van der Waals surface area contributed by atoms with Crippen molar-refractivity contribution in [2.45, 2.75) is 6.54 Å². The van der Waals surface area contributed by atoms with Crippen LogP contribution in [-0.4, -0.2) is 25.2 Å². The zero-order valence-corrected chi connectivity index (χ0v) is 15.0. The molecule has 3 heterocycles. The molecule has 0 unspecified atom stereocenters. The molecule has 23 heavy (non-hydrogen) atoms. The van der Waals surface area contributed by atoms with Gasteiger partial charge in [-0.2, -0.15) is 16.1 Å². The highest BCUT2D eigenvalue weighted by atomic mass is 79.9. The molecule has 5 nitrogen and oxygen atoms in total. The summed E-state index contributed by atoms with van der Waals surface area (Å²) < 4.78 is 1.03. The van der Waals surface area contributed by atoms with Crippen LogP contribution in [0, 0.1) is 0 Å². The van der Waals surface area contributed by atoms with Crippen LogP contribution in [-0.2, 0) is 6.54 Å². The van der Waals surface area contributed by atoms with E-state index in [-0.39, 0.29) is 0 Å². The van der Waals surface area contributed by atoms with Crippen molar-refractivity contribution in [3.05, 3.63) is 56.6 Å². The van der Waals surface area contributed by atoms with Gasteiger partial charge in [0.2, 0.25) is 5.82 Å². The number of hydrogen-bond donors (Lipinski definition) is 0. The number of benzene rings is 1. The van der Waals surface area contributed by atoms with Gasteiger partial charge in [0.15, 0.2) is 0 Å².